The highest BCUT2D eigenvalue weighted by Gasteiger charge is 2.35. The van der Waals surface area contributed by atoms with Crippen molar-refractivity contribution < 1.29 is 14.1 Å². The van der Waals surface area contributed by atoms with Crippen LogP contribution in [0.5, 0.6) is 0 Å². The maximum Gasteiger partial charge on any atom is 0.256 e. The van der Waals surface area contributed by atoms with Crippen molar-refractivity contribution in [2.24, 2.45) is 0 Å². The van der Waals surface area contributed by atoms with Gasteiger partial charge in [-0.1, -0.05) is 23.7 Å². The molecule has 2 atom stereocenters. The molecule has 28 heavy (non-hydrogen) atoms. The van der Waals surface area contributed by atoms with Crippen LogP contribution in [0.2, 0.25) is 5.02 Å². The van der Waals surface area contributed by atoms with Gasteiger partial charge in [0.05, 0.1) is 28.6 Å². The quantitative estimate of drug-likeness (QED) is 0.615. The Morgan fingerprint density at radius 2 is 2.11 bits per heavy atom. The van der Waals surface area contributed by atoms with Gasteiger partial charge in [0.2, 0.25) is 0 Å². The molecule has 2 aliphatic rings. The zero-order valence-corrected chi connectivity index (χ0v) is 17.0. The fraction of sp³-hybridized carbons (Fsp3) is 0.286. The molecule has 2 aromatic heterocycles. The van der Waals surface area contributed by atoms with Crippen molar-refractivity contribution in [1.29, 1.82) is 0 Å². The van der Waals surface area contributed by atoms with E-state index in [0.29, 0.717) is 16.5 Å². The SMILES string of the molecule is CC[NH+]1CCc2c(sc3c2C(=O)N[C@@H](c2ccc(-c4ccccc4Cl)o2)N3)C1. The molecule has 144 valence electrons. The molecule has 1 unspecified atom stereocenters. The van der Waals surface area contributed by atoms with Crippen molar-refractivity contribution in [1.82, 2.24) is 5.32 Å². The molecule has 5 nitrogen and oxygen atoms in total. The third-order valence-electron chi connectivity index (χ3n) is 5.56. The minimum atomic E-state index is -0.383. The molecular formula is C21H21ClN3O2S+. The molecule has 7 heteroatoms. The van der Waals surface area contributed by atoms with E-state index in [4.69, 9.17) is 16.0 Å². The van der Waals surface area contributed by atoms with Crippen LogP contribution in [0, 0.1) is 0 Å². The van der Waals surface area contributed by atoms with E-state index in [1.165, 1.54) is 10.4 Å². The van der Waals surface area contributed by atoms with Crippen molar-refractivity contribution in [3.8, 4) is 11.3 Å². The second-order valence-corrected chi connectivity index (χ2v) is 8.73. The van der Waals surface area contributed by atoms with Crippen LogP contribution in [0.1, 0.15) is 39.6 Å². The van der Waals surface area contributed by atoms with Crippen molar-refractivity contribution in [3.05, 3.63) is 63.2 Å². The van der Waals surface area contributed by atoms with E-state index >= 15 is 0 Å². The number of likely N-dealkylation sites (N-methyl/N-ethyl adjacent to an activating group) is 1. The summed E-state index contributed by atoms with van der Waals surface area (Å²) in [4.78, 5) is 15.8. The standard InChI is InChI=1S/C21H20ClN3O2S/c1-2-25-10-9-13-17(11-25)28-21-18(13)20(26)23-19(24-21)16-8-7-15(27-16)12-5-3-4-6-14(12)22/h3-8,19,24H,2,9-11H2,1H3,(H,23,26)/p+1/t19-/m1/s1. The number of hydrogen-bond donors (Lipinski definition) is 3. The number of furan rings is 1. The van der Waals surface area contributed by atoms with Crippen LogP contribution in [0.3, 0.4) is 0 Å². The topological polar surface area (TPSA) is 58.7 Å². The van der Waals surface area contributed by atoms with Crippen LogP contribution in [0.25, 0.3) is 11.3 Å². The van der Waals surface area contributed by atoms with Crippen molar-refractivity contribution in [2.75, 3.05) is 18.4 Å². The third kappa shape index (κ3) is 2.92. The normalized spacial score (nSPS) is 20.9. The second kappa shape index (κ2) is 6.95. The molecule has 0 spiro atoms. The average molecular weight is 415 g/mol. The van der Waals surface area contributed by atoms with E-state index in [9.17, 15) is 4.79 Å². The third-order valence-corrected chi connectivity index (χ3v) is 7.05. The van der Waals surface area contributed by atoms with E-state index in [1.54, 1.807) is 16.2 Å². The summed E-state index contributed by atoms with van der Waals surface area (Å²) >= 11 is 7.99. The molecule has 1 amide bonds. The molecular weight excluding hydrogens is 394 g/mol. The summed E-state index contributed by atoms with van der Waals surface area (Å²) in [6.45, 7) is 5.41. The van der Waals surface area contributed by atoms with Crippen molar-refractivity contribution in [2.45, 2.75) is 26.1 Å². The number of rotatable bonds is 3. The summed E-state index contributed by atoms with van der Waals surface area (Å²) in [5, 5.41) is 8.11. The fourth-order valence-electron chi connectivity index (χ4n) is 4.01. The summed E-state index contributed by atoms with van der Waals surface area (Å²) in [5.74, 6) is 1.34. The zero-order valence-electron chi connectivity index (χ0n) is 15.5. The lowest BCUT2D eigenvalue weighted by atomic mass is 10.0. The first-order chi connectivity index (χ1) is 13.6. The van der Waals surface area contributed by atoms with Crippen LogP contribution >= 0.6 is 22.9 Å². The number of carbonyl (C=O) groups is 1. The summed E-state index contributed by atoms with van der Waals surface area (Å²) < 4.78 is 6.03. The van der Waals surface area contributed by atoms with Gasteiger partial charge in [-0.05, 0) is 36.8 Å². The summed E-state index contributed by atoms with van der Waals surface area (Å²) in [5.41, 5.74) is 2.88. The van der Waals surface area contributed by atoms with E-state index in [0.717, 1.165) is 42.2 Å². The highest BCUT2D eigenvalue weighted by atomic mass is 35.5. The number of amides is 1. The van der Waals surface area contributed by atoms with Crippen LogP contribution in [0.15, 0.2) is 40.8 Å². The van der Waals surface area contributed by atoms with E-state index < -0.39 is 0 Å². The van der Waals surface area contributed by atoms with E-state index in [-0.39, 0.29) is 12.1 Å². The smallest absolute Gasteiger partial charge is 0.256 e. The van der Waals surface area contributed by atoms with Gasteiger partial charge in [0.25, 0.3) is 5.91 Å². The minimum Gasteiger partial charge on any atom is -0.457 e. The number of hydrogen-bond acceptors (Lipinski definition) is 4. The van der Waals surface area contributed by atoms with Crippen molar-refractivity contribution in [3.63, 3.8) is 0 Å². The number of halogens is 1. The zero-order chi connectivity index (χ0) is 19.3. The molecule has 3 N–H and O–H groups in total. The van der Waals surface area contributed by atoms with Gasteiger partial charge in [-0.15, -0.1) is 11.3 Å². The highest BCUT2D eigenvalue weighted by Crippen LogP contribution is 2.40. The van der Waals surface area contributed by atoms with Gasteiger partial charge < -0.3 is 20.0 Å². The molecule has 3 aromatic rings. The summed E-state index contributed by atoms with van der Waals surface area (Å²) in [6.07, 6.45) is 0.576. The van der Waals surface area contributed by atoms with Gasteiger partial charge in [-0.2, -0.15) is 0 Å². The lowest BCUT2D eigenvalue weighted by Gasteiger charge is -2.25. The number of benzene rings is 1. The van der Waals surface area contributed by atoms with Gasteiger partial charge in [-0.25, -0.2) is 0 Å². The lowest BCUT2D eigenvalue weighted by Crippen LogP contribution is -3.11. The Bertz CT molecular complexity index is 1060. The average Bonchev–Trinajstić information content (AvgIpc) is 3.32. The molecule has 1 aromatic carbocycles. The van der Waals surface area contributed by atoms with Crippen LogP contribution in [0.4, 0.5) is 5.00 Å². The van der Waals surface area contributed by atoms with E-state index in [2.05, 4.69) is 17.6 Å². The Morgan fingerprint density at radius 1 is 1.25 bits per heavy atom. The van der Waals surface area contributed by atoms with Gasteiger partial charge in [0.15, 0.2) is 6.17 Å². The maximum absolute atomic E-state index is 12.9. The van der Waals surface area contributed by atoms with Crippen LogP contribution < -0.4 is 15.5 Å². The van der Waals surface area contributed by atoms with Crippen LogP contribution in [-0.4, -0.2) is 19.0 Å². The Kier molecular flexibility index (Phi) is 4.42. The molecule has 5 rings (SSSR count). The first-order valence-corrected chi connectivity index (χ1v) is 10.7. The fourth-order valence-corrected chi connectivity index (χ4v) is 5.58. The van der Waals surface area contributed by atoms with E-state index in [1.807, 2.05) is 36.4 Å². The minimum absolute atomic E-state index is 0.0214. The van der Waals surface area contributed by atoms with Crippen LogP contribution in [-0.2, 0) is 13.0 Å². The van der Waals surface area contributed by atoms with Gasteiger partial charge >= 0.3 is 0 Å². The number of carbonyl (C=O) groups excluding carboxylic acids is 1. The molecule has 4 heterocycles. The summed E-state index contributed by atoms with van der Waals surface area (Å²) in [6, 6.07) is 11.4. The number of quaternary nitrogens is 1. The second-order valence-electron chi connectivity index (χ2n) is 7.22. The molecule has 2 aliphatic heterocycles. The number of nitrogens with one attached hydrogen (secondary N) is 3. The number of fused-ring (bicyclic) bond motifs is 3. The number of thiophene rings is 1. The molecule has 0 fully saturated rings. The van der Waals surface area contributed by atoms with Gasteiger partial charge in [0.1, 0.15) is 23.1 Å². The monoisotopic (exact) mass is 414 g/mol. The number of anilines is 1. The molecule has 0 aliphatic carbocycles. The Morgan fingerprint density at radius 3 is 2.93 bits per heavy atom. The van der Waals surface area contributed by atoms with Crippen molar-refractivity contribution >= 4 is 33.8 Å². The molecule has 0 radical (unpaired) electrons. The largest absolute Gasteiger partial charge is 0.457 e. The first-order valence-electron chi connectivity index (χ1n) is 9.54. The molecule has 0 saturated carbocycles. The summed E-state index contributed by atoms with van der Waals surface area (Å²) in [7, 11) is 0. The predicted octanol–water partition coefficient (Wildman–Crippen LogP) is 3.48. The predicted molar refractivity (Wildman–Crippen MR) is 111 cm³/mol. The lowest BCUT2D eigenvalue weighted by molar-refractivity contribution is -0.913. The maximum atomic E-state index is 12.9. The Labute approximate surface area is 172 Å². The highest BCUT2D eigenvalue weighted by molar-refractivity contribution is 7.16. The first kappa shape index (κ1) is 17.8. The van der Waals surface area contributed by atoms with Gasteiger partial charge in [-0.3, -0.25) is 4.79 Å². The van der Waals surface area contributed by atoms with Gasteiger partial charge in [0, 0.05) is 12.0 Å². The molecule has 0 saturated heterocycles. The Balaban J connectivity index is 1.44. The molecule has 0 bridgehead atoms. The Hall–Kier alpha value is -2.28.